The van der Waals surface area contributed by atoms with Crippen LogP contribution in [-0.2, 0) is 9.53 Å². The van der Waals surface area contributed by atoms with Crippen molar-refractivity contribution in [1.82, 2.24) is 0 Å². The number of carbonyl (C=O) groups excluding carboxylic acids is 1. The van der Waals surface area contributed by atoms with Crippen LogP contribution in [0.1, 0.15) is 39.0 Å². The molecule has 7 heteroatoms. The maximum absolute atomic E-state index is 12.9. The summed E-state index contributed by atoms with van der Waals surface area (Å²) in [7, 11) is 0. The van der Waals surface area contributed by atoms with Crippen LogP contribution in [0, 0.1) is 5.92 Å². The number of halogens is 4. The van der Waals surface area contributed by atoms with Gasteiger partial charge in [-0.1, -0.05) is 0 Å². The van der Waals surface area contributed by atoms with Gasteiger partial charge in [0.1, 0.15) is 0 Å². The van der Waals surface area contributed by atoms with Gasteiger partial charge in [-0.3, -0.25) is 4.79 Å². The van der Waals surface area contributed by atoms with Crippen molar-refractivity contribution in [2.75, 3.05) is 6.61 Å². The number of ether oxygens (including phenoxy) is 1. The highest BCUT2D eigenvalue weighted by Gasteiger charge is 2.51. The van der Waals surface area contributed by atoms with Crippen molar-refractivity contribution >= 4 is 5.97 Å². The Morgan fingerprint density at radius 1 is 1.21 bits per heavy atom. The van der Waals surface area contributed by atoms with Crippen molar-refractivity contribution in [3.8, 4) is 0 Å². The Bertz CT molecular complexity index is 307. The quantitative estimate of drug-likeness (QED) is 0.624. The number of rotatable bonds is 5. The second-order valence-electron chi connectivity index (χ2n) is 5.02. The van der Waals surface area contributed by atoms with Gasteiger partial charge < -0.3 is 9.84 Å². The zero-order valence-corrected chi connectivity index (χ0v) is 10.7. The highest BCUT2D eigenvalue weighted by atomic mass is 19.3. The summed E-state index contributed by atoms with van der Waals surface area (Å²) in [6, 6.07) is 0. The maximum atomic E-state index is 12.9. The average molecular weight is 286 g/mol. The number of aliphatic hydroxyl groups excluding tert-OH is 1. The van der Waals surface area contributed by atoms with Crippen LogP contribution in [0.2, 0.25) is 0 Å². The van der Waals surface area contributed by atoms with Crippen LogP contribution < -0.4 is 0 Å². The molecule has 0 bridgehead atoms. The van der Waals surface area contributed by atoms with Crippen LogP contribution in [-0.4, -0.2) is 35.6 Å². The first kappa shape index (κ1) is 16.2. The van der Waals surface area contributed by atoms with Gasteiger partial charge in [-0.15, -0.1) is 0 Å². The zero-order valence-electron chi connectivity index (χ0n) is 10.7. The molecule has 1 N–H and O–H groups in total. The van der Waals surface area contributed by atoms with Gasteiger partial charge in [0.05, 0.1) is 25.0 Å². The van der Waals surface area contributed by atoms with E-state index in [0.717, 1.165) is 0 Å². The summed E-state index contributed by atoms with van der Waals surface area (Å²) in [5.41, 5.74) is 0. The molecule has 0 unspecified atom stereocenters. The first-order valence-electron chi connectivity index (χ1n) is 6.24. The summed E-state index contributed by atoms with van der Waals surface area (Å²) in [6.45, 7) is -0.592. The van der Waals surface area contributed by atoms with Crippen molar-refractivity contribution in [1.29, 1.82) is 0 Å². The van der Waals surface area contributed by atoms with Crippen LogP contribution in [0.4, 0.5) is 17.6 Å². The van der Waals surface area contributed by atoms with Gasteiger partial charge >= 0.3 is 17.8 Å². The minimum absolute atomic E-state index is 0.136. The fourth-order valence-electron chi connectivity index (χ4n) is 1.93. The molecule has 0 saturated heterocycles. The van der Waals surface area contributed by atoms with Crippen molar-refractivity contribution in [3.05, 3.63) is 0 Å². The lowest BCUT2D eigenvalue weighted by Gasteiger charge is -2.25. The summed E-state index contributed by atoms with van der Waals surface area (Å²) < 4.78 is 55.4. The predicted octanol–water partition coefficient (Wildman–Crippen LogP) is 2.76. The van der Waals surface area contributed by atoms with Gasteiger partial charge in [0.15, 0.2) is 0 Å². The molecule has 1 saturated carbocycles. The summed E-state index contributed by atoms with van der Waals surface area (Å²) in [5, 5.41) is 9.25. The second-order valence-corrected chi connectivity index (χ2v) is 5.02. The van der Waals surface area contributed by atoms with E-state index in [1.807, 2.05) is 0 Å². The smallest absolute Gasteiger partial charge is 0.313 e. The van der Waals surface area contributed by atoms with E-state index in [1.165, 1.54) is 0 Å². The first-order chi connectivity index (χ1) is 8.63. The molecular formula is C12H18F4O3. The third kappa shape index (κ3) is 4.63. The van der Waals surface area contributed by atoms with E-state index in [-0.39, 0.29) is 6.92 Å². The number of hydrogen-bond acceptors (Lipinski definition) is 3. The normalized spacial score (nSPS) is 25.2. The van der Waals surface area contributed by atoms with E-state index >= 15 is 0 Å². The van der Waals surface area contributed by atoms with Gasteiger partial charge in [0.2, 0.25) is 0 Å². The maximum Gasteiger partial charge on any atom is 0.313 e. The van der Waals surface area contributed by atoms with Gasteiger partial charge in [0, 0.05) is 6.92 Å². The molecule has 3 nitrogen and oxygen atoms in total. The number of carbonyl (C=O) groups is 1. The molecule has 0 radical (unpaired) electrons. The molecule has 0 atom stereocenters. The standard InChI is InChI=1S/C12H18F4O3/c1-11(13,14)12(15,16)6-7-19-10(18)8-2-4-9(17)5-3-8/h8-9,17H,2-7H2,1H3. The summed E-state index contributed by atoms with van der Waals surface area (Å²) in [5.74, 6) is -9.40. The molecule has 0 aromatic rings. The van der Waals surface area contributed by atoms with Crippen LogP contribution in [0.3, 0.4) is 0 Å². The Balaban J connectivity index is 2.31. The van der Waals surface area contributed by atoms with E-state index in [1.54, 1.807) is 0 Å². The van der Waals surface area contributed by atoms with E-state index in [9.17, 15) is 27.5 Å². The lowest BCUT2D eigenvalue weighted by atomic mass is 9.87. The first-order valence-corrected chi connectivity index (χ1v) is 6.24. The molecule has 0 aliphatic heterocycles. The Hall–Kier alpha value is -0.850. The molecule has 0 aromatic carbocycles. The van der Waals surface area contributed by atoms with Crippen LogP contribution in [0.5, 0.6) is 0 Å². The molecule has 1 rings (SSSR count). The predicted molar refractivity (Wildman–Crippen MR) is 59.1 cm³/mol. The highest BCUT2D eigenvalue weighted by Crippen LogP contribution is 2.36. The number of aliphatic hydroxyl groups is 1. The van der Waals surface area contributed by atoms with Gasteiger partial charge in [-0.25, -0.2) is 8.78 Å². The van der Waals surface area contributed by atoms with Crippen molar-refractivity contribution in [3.63, 3.8) is 0 Å². The summed E-state index contributed by atoms with van der Waals surface area (Å²) in [4.78, 5) is 11.5. The zero-order chi connectivity index (χ0) is 14.7. The fourth-order valence-corrected chi connectivity index (χ4v) is 1.93. The molecule has 1 aliphatic carbocycles. The molecule has 19 heavy (non-hydrogen) atoms. The second kappa shape index (κ2) is 6.07. The van der Waals surface area contributed by atoms with E-state index in [4.69, 9.17) is 0 Å². The lowest BCUT2D eigenvalue weighted by molar-refractivity contribution is -0.207. The topological polar surface area (TPSA) is 46.5 Å². The van der Waals surface area contributed by atoms with Crippen molar-refractivity contribution in [2.24, 2.45) is 5.92 Å². The van der Waals surface area contributed by atoms with Gasteiger partial charge in [-0.05, 0) is 25.7 Å². The third-order valence-electron chi connectivity index (χ3n) is 3.33. The molecule has 0 heterocycles. The third-order valence-corrected chi connectivity index (χ3v) is 3.33. The van der Waals surface area contributed by atoms with Crippen molar-refractivity contribution in [2.45, 2.75) is 57.0 Å². The van der Waals surface area contributed by atoms with Gasteiger partial charge in [0.25, 0.3) is 0 Å². The summed E-state index contributed by atoms with van der Waals surface area (Å²) in [6.07, 6.45) is 0.150. The molecule has 0 amide bonds. The number of alkyl halides is 4. The molecule has 1 aliphatic rings. The fraction of sp³-hybridized carbons (Fsp3) is 0.917. The Kier molecular flexibility index (Phi) is 5.18. The Labute approximate surface area is 108 Å². The van der Waals surface area contributed by atoms with E-state index < -0.39 is 42.9 Å². The highest BCUT2D eigenvalue weighted by molar-refractivity contribution is 5.72. The molecule has 1 fully saturated rings. The Morgan fingerprint density at radius 2 is 1.74 bits per heavy atom. The van der Waals surface area contributed by atoms with Crippen LogP contribution >= 0.6 is 0 Å². The molecule has 112 valence electrons. The van der Waals surface area contributed by atoms with Crippen molar-refractivity contribution < 1.29 is 32.2 Å². The number of esters is 1. The SMILES string of the molecule is CC(F)(F)C(F)(F)CCOC(=O)C1CCC(O)CC1. The van der Waals surface area contributed by atoms with E-state index in [2.05, 4.69) is 4.74 Å². The lowest BCUT2D eigenvalue weighted by Crippen LogP contribution is -2.39. The Morgan fingerprint density at radius 3 is 2.21 bits per heavy atom. The molecule has 0 aromatic heterocycles. The monoisotopic (exact) mass is 286 g/mol. The minimum atomic E-state index is -4.18. The largest absolute Gasteiger partial charge is 0.465 e. The van der Waals surface area contributed by atoms with Gasteiger partial charge in [-0.2, -0.15) is 8.78 Å². The molecule has 0 spiro atoms. The van der Waals surface area contributed by atoms with Crippen LogP contribution in [0.25, 0.3) is 0 Å². The number of hydrogen-bond donors (Lipinski definition) is 1. The minimum Gasteiger partial charge on any atom is -0.465 e. The summed E-state index contributed by atoms with van der Waals surface area (Å²) >= 11 is 0. The average Bonchev–Trinajstić information content (AvgIpc) is 2.28. The van der Waals surface area contributed by atoms with E-state index in [0.29, 0.717) is 25.7 Å². The molecular weight excluding hydrogens is 268 g/mol. The van der Waals surface area contributed by atoms with Crippen LogP contribution in [0.15, 0.2) is 0 Å².